The summed E-state index contributed by atoms with van der Waals surface area (Å²) in [4.78, 5) is 4.29. The minimum Gasteiger partial charge on any atom is -0.397 e. The van der Waals surface area contributed by atoms with E-state index in [0.717, 1.165) is 22.3 Å². The molecule has 1 heterocycles. The molecule has 3 rings (SSSR count). The lowest BCUT2D eigenvalue weighted by Crippen LogP contribution is -2.27. The van der Waals surface area contributed by atoms with E-state index in [1.54, 1.807) is 6.20 Å². The third kappa shape index (κ3) is 1.48. The van der Waals surface area contributed by atoms with Gasteiger partial charge in [-0.25, -0.2) is 0 Å². The molecule has 2 aromatic rings. The van der Waals surface area contributed by atoms with Crippen LogP contribution in [0.2, 0.25) is 0 Å². The Balaban J connectivity index is 2.01. The van der Waals surface area contributed by atoms with Crippen LogP contribution in [0.15, 0.2) is 30.5 Å². The van der Waals surface area contributed by atoms with Gasteiger partial charge >= 0.3 is 0 Å². The largest absolute Gasteiger partial charge is 0.397 e. The Kier molecular flexibility index (Phi) is 2.17. The van der Waals surface area contributed by atoms with Gasteiger partial charge in [0.1, 0.15) is 0 Å². The van der Waals surface area contributed by atoms with E-state index in [2.05, 4.69) is 10.3 Å². The number of nitrogens with one attached hydrogen (secondary N) is 1. The first-order chi connectivity index (χ1) is 7.84. The fraction of sp³-hybridized carbons (Fsp3) is 0.308. The van der Waals surface area contributed by atoms with Crippen molar-refractivity contribution in [3.63, 3.8) is 0 Å². The van der Waals surface area contributed by atoms with Crippen LogP contribution in [0, 0.1) is 0 Å². The minimum atomic E-state index is 0.608. The van der Waals surface area contributed by atoms with Crippen molar-refractivity contribution in [2.75, 3.05) is 11.1 Å². The Bertz CT molecular complexity index is 518. The van der Waals surface area contributed by atoms with E-state index >= 15 is 0 Å². The molecule has 0 saturated heterocycles. The molecule has 3 nitrogen and oxygen atoms in total. The lowest BCUT2D eigenvalue weighted by Gasteiger charge is -2.28. The number of nitrogens with zero attached hydrogens (tertiary/aromatic N) is 1. The van der Waals surface area contributed by atoms with Gasteiger partial charge in [-0.1, -0.05) is 0 Å². The van der Waals surface area contributed by atoms with Crippen molar-refractivity contribution < 1.29 is 0 Å². The number of rotatable bonds is 2. The molecule has 0 amide bonds. The summed E-state index contributed by atoms with van der Waals surface area (Å²) in [6.07, 6.45) is 5.63. The van der Waals surface area contributed by atoms with Crippen molar-refractivity contribution in [2.45, 2.75) is 25.3 Å². The molecule has 0 radical (unpaired) electrons. The highest BCUT2D eigenvalue weighted by molar-refractivity contribution is 5.96. The van der Waals surface area contributed by atoms with Gasteiger partial charge in [0.05, 0.1) is 16.9 Å². The Hall–Kier alpha value is -1.77. The van der Waals surface area contributed by atoms with Gasteiger partial charge in [0.2, 0.25) is 0 Å². The molecular weight excluding hydrogens is 198 g/mol. The molecule has 1 aliphatic rings. The molecule has 0 aliphatic heterocycles. The topological polar surface area (TPSA) is 50.9 Å². The second-order valence-electron chi connectivity index (χ2n) is 4.37. The average molecular weight is 213 g/mol. The predicted octanol–water partition coefficient (Wildman–Crippen LogP) is 2.78. The van der Waals surface area contributed by atoms with Crippen molar-refractivity contribution in [1.29, 1.82) is 0 Å². The standard InChI is InChI=1S/C13H15N3/c14-13-10-5-2-8-15-11(10)6-7-12(13)16-9-3-1-4-9/h2,5-9,16H,1,3-4,14H2. The first-order valence-electron chi connectivity index (χ1n) is 5.74. The molecule has 82 valence electrons. The first-order valence-corrected chi connectivity index (χ1v) is 5.74. The summed E-state index contributed by atoms with van der Waals surface area (Å²) >= 11 is 0. The maximum absolute atomic E-state index is 6.14. The second kappa shape index (κ2) is 3.67. The van der Waals surface area contributed by atoms with Gasteiger partial charge in [-0.05, 0) is 43.5 Å². The van der Waals surface area contributed by atoms with Crippen molar-refractivity contribution >= 4 is 22.3 Å². The Morgan fingerprint density at radius 3 is 2.88 bits per heavy atom. The third-order valence-corrected chi connectivity index (χ3v) is 3.29. The Morgan fingerprint density at radius 2 is 2.12 bits per heavy atom. The van der Waals surface area contributed by atoms with Crippen LogP contribution in [0.3, 0.4) is 0 Å². The van der Waals surface area contributed by atoms with Gasteiger partial charge in [0.15, 0.2) is 0 Å². The molecule has 1 aromatic heterocycles. The van der Waals surface area contributed by atoms with E-state index in [9.17, 15) is 0 Å². The summed E-state index contributed by atoms with van der Waals surface area (Å²) in [5, 5.41) is 4.52. The summed E-state index contributed by atoms with van der Waals surface area (Å²) in [6.45, 7) is 0. The number of hydrogen-bond donors (Lipinski definition) is 2. The molecule has 3 N–H and O–H groups in total. The fourth-order valence-electron chi connectivity index (χ4n) is 2.07. The molecule has 0 spiro atoms. The molecule has 16 heavy (non-hydrogen) atoms. The van der Waals surface area contributed by atoms with E-state index in [0.29, 0.717) is 6.04 Å². The van der Waals surface area contributed by atoms with Gasteiger partial charge in [-0.2, -0.15) is 0 Å². The van der Waals surface area contributed by atoms with Crippen LogP contribution in [-0.2, 0) is 0 Å². The highest BCUT2D eigenvalue weighted by Crippen LogP contribution is 2.31. The molecule has 1 aliphatic carbocycles. The highest BCUT2D eigenvalue weighted by Gasteiger charge is 2.18. The van der Waals surface area contributed by atoms with E-state index in [4.69, 9.17) is 5.73 Å². The van der Waals surface area contributed by atoms with Crippen LogP contribution < -0.4 is 11.1 Å². The molecule has 3 heteroatoms. The van der Waals surface area contributed by atoms with Crippen LogP contribution in [0.25, 0.3) is 10.9 Å². The molecule has 1 fully saturated rings. The van der Waals surface area contributed by atoms with Gasteiger partial charge in [0, 0.05) is 17.6 Å². The monoisotopic (exact) mass is 213 g/mol. The normalized spacial score (nSPS) is 16.0. The lowest BCUT2D eigenvalue weighted by molar-refractivity contribution is 0.446. The zero-order valence-corrected chi connectivity index (χ0v) is 9.11. The minimum absolute atomic E-state index is 0.608. The highest BCUT2D eigenvalue weighted by atomic mass is 14.9. The number of nitrogens with two attached hydrogens (primary N) is 1. The second-order valence-corrected chi connectivity index (χ2v) is 4.37. The SMILES string of the molecule is Nc1c(NC2CCC2)ccc2ncccc12. The molecule has 0 bridgehead atoms. The van der Waals surface area contributed by atoms with Crippen molar-refractivity contribution in [3.8, 4) is 0 Å². The zero-order valence-electron chi connectivity index (χ0n) is 9.11. The third-order valence-electron chi connectivity index (χ3n) is 3.29. The summed E-state index contributed by atoms with van der Waals surface area (Å²) in [6, 6.07) is 8.60. The van der Waals surface area contributed by atoms with Gasteiger partial charge in [-0.3, -0.25) is 4.98 Å². The summed E-state index contributed by atoms with van der Waals surface area (Å²) in [5.41, 5.74) is 8.96. The Labute approximate surface area is 94.7 Å². The van der Waals surface area contributed by atoms with Gasteiger partial charge in [0.25, 0.3) is 0 Å². The smallest absolute Gasteiger partial charge is 0.0724 e. The number of aromatic nitrogens is 1. The maximum Gasteiger partial charge on any atom is 0.0724 e. The molecule has 0 atom stereocenters. The quantitative estimate of drug-likeness (QED) is 0.754. The van der Waals surface area contributed by atoms with Crippen LogP contribution in [0.1, 0.15) is 19.3 Å². The zero-order chi connectivity index (χ0) is 11.0. The van der Waals surface area contributed by atoms with E-state index in [-0.39, 0.29) is 0 Å². The molecular formula is C13H15N3. The summed E-state index contributed by atoms with van der Waals surface area (Å²) in [7, 11) is 0. The average Bonchev–Trinajstić information content (AvgIpc) is 2.26. The van der Waals surface area contributed by atoms with Crippen molar-refractivity contribution in [3.05, 3.63) is 30.5 Å². The maximum atomic E-state index is 6.14. The van der Waals surface area contributed by atoms with Crippen LogP contribution in [-0.4, -0.2) is 11.0 Å². The molecule has 1 saturated carbocycles. The number of pyridine rings is 1. The fourth-order valence-corrected chi connectivity index (χ4v) is 2.07. The van der Waals surface area contributed by atoms with Gasteiger partial charge < -0.3 is 11.1 Å². The number of nitrogen functional groups attached to an aromatic ring is 1. The van der Waals surface area contributed by atoms with Crippen LogP contribution in [0.5, 0.6) is 0 Å². The van der Waals surface area contributed by atoms with Gasteiger partial charge in [-0.15, -0.1) is 0 Å². The molecule has 0 unspecified atom stereocenters. The number of fused-ring (bicyclic) bond motifs is 1. The van der Waals surface area contributed by atoms with Crippen molar-refractivity contribution in [1.82, 2.24) is 4.98 Å². The van der Waals surface area contributed by atoms with E-state index in [1.165, 1.54) is 19.3 Å². The van der Waals surface area contributed by atoms with Crippen molar-refractivity contribution in [2.24, 2.45) is 0 Å². The predicted molar refractivity (Wildman–Crippen MR) is 67.4 cm³/mol. The Morgan fingerprint density at radius 1 is 1.25 bits per heavy atom. The van der Waals surface area contributed by atoms with E-state index in [1.807, 2.05) is 24.3 Å². The molecule has 1 aromatic carbocycles. The summed E-state index contributed by atoms with van der Waals surface area (Å²) in [5.74, 6) is 0. The number of hydrogen-bond acceptors (Lipinski definition) is 3. The van der Waals surface area contributed by atoms with E-state index < -0.39 is 0 Å². The first kappa shape index (κ1) is 9.46. The lowest BCUT2D eigenvalue weighted by atomic mass is 9.93. The number of anilines is 2. The van der Waals surface area contributed by atoms with Crippen LogP contribution in [0.4, 0.5) is 11.4 Å². The summed E-state index contributed by atoms with van der Waals surface area (Å²) < 4.78 is 0. The van der Waals surface area contributed by atoms with Crippen LogP contribution >= 0.6 is 0 Å². The number of benzene rings is 1.